The average molecular weight is 369 g/mol. The number of nitrogens with one attached hydrogen (secondary N) is 2. The SMILES string of the molecule is COc1ccc(Nc2ccnc(Nc3cccc(C(C)=O)c3)n2)cc1Cl. The van der Waals surface area contributed by atoms with Gasteiger partial charge >= 0.3 is 0 Å². The van der Waals surface area contributed by atoms with Gasteiger partial charge in [0.1, 0.15) is 11.6 Å². The molecule has 3 aromatic rings. The van der Waals surface area contributed by atoms with Crippen molar-refractivity contribution >= 4 is 40.5 Å². The Morgan fingerprint density at radius 2 is 1.88 bits per heavy atom. The summed E-state index contributed by atoms with van der Waals surface area (Å²) in [7, 11) is 1.57. The van der Waals surface area contributed by atoms with Crippen LogP contribution in [-0.2, 0) is 0 Å². The van der Waals surface area contributed by atoms with Crippen LogP contribution in [0.1, 0.15) is 17.3 Å². The molecule has 0 aliphatic carbocycles. The van der Waals surface area contributed by atoms with Crippen molar-refractivity contribution in [1.82, 2.24) is 9.97 Å². The summed E-state index contributed by atoms with van der Waals surface area (Å²) in [6, 6.07) is 14.3. The predicted octanol–water partition coefficient (Wildman–Crippen LogP) is 4.83. The number of ketones is 1. The zero-order valence-corrected chi connectivity index (χ0v) is 15.0. The molecule has 7 heteroatoms. The molecule has 0 aliphatic heterocycles. The van der Waals surface area contributed by atoms with Crippen LogP contribution in [0.5, 0.6) is 5.75 Å². The Morgan fingerprint density at radius 3 is 2.62 bits per heavy atom. The summed E-state index contributed by atoms with van der Waals surface area (Å²) in [4.78, 5) is 20.1. The van der Waals surface area contributed by atoms with Crippen LogP contribution in [0.2, 0.25) is 5.02 Å². The van der Waals surface area contributed by atoms with Crippen molar-refractivity contribution in [2.45, 2.75) is 6.92 Å². The lowest BCUT2D eigenvalue weighted by atomic mass is 10.1. The van der Waals surface area contributed by atoms with Gasteiger partial charge in [0.25, 0.3) is 0 Å². The van der Waals surface area contributed by atoms with Gasteiger partial charge in [0.05, 0.1) is 12.1 Å². The van der Waals surface area contributed by atoms with Crippen LogP contribution in [-0.4, -0.2) is 22.9 Å². The molecule has 1 aromatic heterocycles. The molecule has 2 aromatic carbocycles. The van der Waals surface area contributed by atoms with Gasteiger partial charge < -0.3 is 15.4 Å². The number of methoxy groups -OCH3 is 1. The lowest BCUT2D eigenvalue weighted by Gasteiger charge is -2.10. The number of hydrogen-bond acceptors (Lipinski definition) is 6. The minimum Gasteiger partial charge on any atom is -0.495 e. The minimum absolute atomic E-state index is 0.00127. The van der Waals surface area contributed by atoms with Gasteiger partial charge in [-0.25, -0.2) is 4.98 Å². The maximum Gasteiger partial charge on any atom is 0.229 e. The van der Waals surface area contributed by atoms with Gasteiger partial charge in [-0.05, 0) is 43.3 Å². The summed E-state index contributed by atoms with van der Waals surface area (Å²) in [6.45, 7) is 1.53. The van der Waals surface area contributed by atoms with E-state index in [4.69, 9.17) is 16.3 Å². The molecule has 0 saturated heterocycles. The number of aromatic nitrogens is 2. The summed E-state index contributed by atoms with van der Waals surface area (Å²) in [5.41, 5.74) is 2.14. The smallest absolute Gasteiger partial charge is 0.229 e. The van der Waals surface area contributed by atoms with Crippen LogP contribution < -0.4 is 15.4 Å². The highest BCUT2D eigenvalue weighted by Crippen LogP contribution is 2.28. The summed E-state index contributed by atoms with van der Waals surface area (Å²) in [5.74, 6) is 1.62. The standard InChI is InChI=1S/C19H17ClN4O2/c1-12(25)13-4-3-5-14(10-13)23-19-21-9-8-18(24-19)22-15-6-7-17(26-2)16(20)11-15/h3-11H,1-2H3,(H2,21,22,23,24). The molecule has 0 atom stereocenters. The van der Waals surface area contributed by atoms with Gasteiger partial charge in [-0.15, -0.1) is 0 Å². The Labute approximate surface area is 156 Å². The van der Waals surface area contributed by atoms with Crippen molar-refractivity contribution in [2.24, 2.45) is 0 Å². The predicted molar refractivity (Wildman–Crippen MR) is 103 cm³/mol. The van der Waals surface area contributed by atoms with Gasteiger partial charge in [-0.1, -0.05) is 23.7 Å². The molecule has 6 nitrogen and oxygen atoms in total. The lowest BCUT2D eigenvalue weighted by molar-refractivity contribution is 0.101. The van der Waals surface area contributed by atoms with E-state index in [1.807, 2.05) is 12.1 Å². The quantitative estimate of drug-likeness (QED) is 0.607. The molecule has 0 saturated carbocycles. The van der Waals surface area contributed by atoms with Crippen molar-refractivity contribution in [3.63, 3.8) is 0 Å². The van der Waals surface area contributed by atoms with E-state index in [1.54, 1.807) is 49.7 Å². The molecule has 0 amide bonds. The number of carbonyl (C=O) groups excluding carboxylic acids is 1. The number of benzene rings is 2. The third kappa shape index (κ3) is 4.29. The van der Waals surface area contributed by atoms with Crippen molar-refractivity contribution in [3.05, 3.63) is 65.3 Å². The second-order valence-electron chi connectivity index (χ2n) is 5.50. The maximum absolute atomic E-state index is 11.5. The summed E-state index contributed by atoms with van der Waals surface area (Å²) in [6.07, 6.45) is 1.64. The van der Waals surface area contributed by atoms with Crippen LogP contribution in [0, 0.1) is 0 Å². The number of rotatable bonds is 6. The zero-order valence-electron chi connectivity index (χ0n) is 14.3. The van der Waals surface area contributed by atoms with Crippen LogP contribution >= 0.6 is 11.6 Å². The molecule has 0 fully saturated rings. The van der Waals surface area contributed by atoms with Crippen LogP contribution in [0.25, 0.3) is 0 Å². The number of hydrogen-bond donors (Lipinski definition) is 2. The molecule has 0 radical (unpaired) electrons. The topological polar surface area (TPSA) is 76.1 Å². The molecule has 132 valence electrons. The largest absolute Gasteiger partial charge is 0.495 e. The monoisotopic (exact) mass is 368 g/mol. The highest BCUT2D eigenvalue weighted by molar-refractivity contribution is 6.32. The van der Waals surface area contributed by atoms with Crippen molar-refractivity contribution in [2.75, 3.05) is 17.7 Å². The fourth-order valence-electron chi connectivity index (χ4n) is 2.33. The van der Waals surface area contributed by atoms with Gasteiger partial charge in [-0.3, -0.25) is 4.79 Å². The number of nitrogens with zero attached hydrogens (tertiary/aromatic N) is 2. The Balaban J connectivity index is 1.77. The first-order valence-corrected chi connectivity index (χ1v) is 8.24. The first-order chi connectivity index (χ1) is 12.5. The molecular formula is C19H17ClN4O2. The number of anilines is 4. The summed E-state index contributed by atoms with van der Waals surface area (Å²) >= 11 is 6.14. The van der Waals surface area contributed by atoms with Crippen molar-refractivity contribution in [1.29, 1.82) is 0 Å². The third-order valence-corrected chi connectivity index (χ3v) is 3.90. The zero-order chi connectivity index (χ0) is 18.5. The normalized spacial score (nSPS) is 10.3. The highest BCUT2D eigenvalue weighted by atomic mass is 35.5. The second kappa shape index (κ2) is 7.84. The van der Waals surface area contributed by atoms with Crippen LogP contribution in [0.3, 0.4) is 0 Å². The van der Waals surface area contributed by atoms with Crippen molar-refractivity contribution < 1.29 is 9.53 Å². The van der Waals surface area contributed by atoms with E-state index in [2.05, 4.69) is 20.6 Å². The Kier molecular flexibility index (Phi) is 5.34. The average Bonchev–Trinajstić information content (AvgIpc) is 2.62. The van der Waals surface area contributed by atoms with E-state index < -0.39 is 0 Å². The van der Waals surface area contributed by atoms with Gasteiger partial charge in [0.2, 0.25) is 5.95 Å². The maximum atomic E-state index is 11.5. The molecule has 0 aliphatic rings. The summed E-state index contributed by atoms with van der Waals surface area (Å²) in [5, 5.41) is 6.77. The first-order valence-electron chi connectivity index (χ1n) is 7.87. The van der Waals surface area contributed by atoms with Gasteiger partial charge in [0.15, 0.2) is 5.78 Å². The molecule has 3 rings (SSSR count). The Hall–Kier alpha value is -3.12. The summed E-state index contributed by atoms with van der Waals surface area (Å²) < 4.78 is 5.14. The van der Waals surface area contributed by atoms with E-state index >= 15 is 0 Å². The first kappa shape index (κ1) is 17.7. The van der Waals surface area contributed by atoms with Crippen LogP contribution in [0.15, 0.2) is 54.7 Å². The fraction of sp³-hybridized carbons (Fsp3) is 0.105. The third-order valence-electron chi connectivity index (χ3n) is 3.61. The van der Waals surface area contributed by atoms with Gasteiger partial charge in [-0.2, -0.15) is 4.98 Å². The fourth-order valence-corrected chi connectivity index (χ4v) is 2.58. The number of ether oxygens (including phenoxy) is 1. The molecule has 0 bridgehead atoms. The van der Waals surface area contributed by atoms with E-state index in [9.17, 15) is 4.79 Å². The Morgan fingerprint density at radius 1 is 1.08 bits per heavy atom. The molecule has 26 heavy (non-hydrogen) atoms. The molecule has 0 spiro atoms. The van der Waals surface area contributed by atoms with E-state index in [1.165, 1.54) is 6.92 Å². The second-order valence-corrected chi connectivity index (χ2v) is 5.91. The van der Waals surface area contributed by atoms with Crippen molar-refractivity contribution in [3.8, 4) is 5.75 Å². The molecule has 2 N–H and O–H groups in total. The van der Waals surface area contributed by atoms with Crippen LogP contribution in [0.4, 0.5) is 23.1 Å². The van der Waals surface area contributed by atoms with E-state index in [0.29, 0.717) is 28.1 Å². The number of Topliss-reactive ketones (excluding diaryl/α,β-unsaturated/α-hetero) is 1. The minimum atomic E-state index is 0.00127. The number of halogens is 1. The highest BCUT2D eigenvalue weighted by Gasteiger charge is 2.05. The van der Waals surface area contributed by atoms with E-state index in [0.717, 1.165) is 11.4 Å². The number of carbonyl (C=O) groups is 1. The molecule has 0 unspecified atom stereocenters. The van der Waals surface area contributed by atoms with Gasteiger partial charge in [0, 0.05) is 23.1 Å². The molecule has 1 heterocycles. The van der Waals surface area contributed by atoms with E-state index in [-0.39, 0.29) is 5.78 Å². The molecular weight excluding hydrogens is 352 g/mol. The Bertz CT molecular complexity index is 946. The lowest BCUT2D eigenvalue weighted by Crippen LogP contribution is -2.01.